The average molecular weight is 284 g/mol. The van der Waals surface area contributed by atoms with Crippen LogP contribution in [0.25, 0.3) is 0 Å². The Morgan fingerprint density at radius 2 is 2.05 bits per heavy atom. The SMILES string of the molecule is CC1(C)O[C@@H]2C(CO)OC(n3ccc(=O)[nH]c3=O)[C@@H]2O1. The highest BCUT2D eigenvalue weighted by Gasteiger charge is 2.55. The van der Waals surface area contributed by atoms with Gasteiger partial charge in [-0.05, 0) is 13.8 Å². The molecule has 1 aromatic rings. The lowest BCUT2D eigenvalue weighted by molar-refractivity contribution is -0.200. The molecule has 2 aliphatic rings. The van der Waals surface area contributed by atoms with Crippen LogP contribution in [-0.4, -0.2) is 45.4 Å². The van der Waals surface area contributed by atoms with Gasteiger partial charge in [0.25, 0.3) is 5.56 Å². The average Bonchev–Trinajstić information content (AvgIpc) is 2.83. The fourth-order valence-corrected chi connectivity index (χ4v) is 2.66. The molecule has 2 unspecified atom stereocenters. The first-order valence-corrected chi connectivity index (χ1v) is 6.35. The van der Waals surface area contributed by atoms with Crippen molar-refractivity contribution in [3.8, 4) is 0 Å². The summed E-state index contributed by atoms with van der Waals surface area (Å²) in [4.78, 5) is 25.1. The molecule has 0 amide bonds. The van der Waals surface area contributed by atoms with E-state index in [0.29, 0.717) is 0 Å². The number of hydrogen-bond donors (Lipinski definition) is 2. The third kappa shape index (κ3) is 2.10. The van der Waals surface area contributed by atoms with E-state index in [-0.39, 0.29) is 6.61 Å². The topological polar surface area (TPSA) is 103 Å². The lowest BCUT2D eigenvalue weighted by Gasteiger charge is -2.24. The van der Waals surface area contributed by atoms with Crippen LogP contribution in [0.3, 0.4) is 0 Å². The number of H-pyrrole nitrogens is 1. The monoisotopic (exact) mass is 284 g/mol. The van der Waals surface area contributed by atoms with Crippen LogP contribution in [0.2, 0.25) is 0 Å². The van der Waals surface area contributed by atoms with Gasteiger partial charge in [-0.2, -0.15) is 0 Å². The number of nitrogens with one attached hydrogen (secondary N) is 1. The molecule has 0 aromatic carbocycles. The van der Waals surface area contributed by atoms with Gasteiger partial charge in [0.2, 0.25) is 0 Å². The molecule has 4 atom stereocenters. The molecule has 0 spiro atoms. The van der Waals surface area contributed by atoms with Crippen molar-refractivity contribution in [3.63, 3.8) is 0 Å². The first-order valence-electron chi connectivity index (χ1n) is 6.35. The van der Waals surface area contributed by atoms with Crippen LogP contribution in [0.4, 0.5) is 0 Å². The first kappa shape index (κ1) is 13.5. The quantitative estimate of drug-likeness (QED) is 0.718. The number of aromatic amines is 1. The smallest absolute Gasteiger partial charge is 0.330 e. The molecule has 0 radical (unpaired) electrons. The molecule has 20 heavy (non-hydrogen) atoms. The van der Waals surface area contributed by atoms with Gasteiger partial charge in [-0.15, -0.1) is 0 Å². The van der Waals surface area contributed by atoms with Crippen molar-refractivity contribution in [1.82, 2.24) is 9.55 Å². The van der Waals surface area contributed by atoms with E-state index in [2.05, 4.69) is 4.98 Å². The van der Waals surface area contributed by atoms with Crippen LogP contribution in [0.5, 0.6) is 0 Å². The lowest BCUT2D eigenvalue weighted by Crippen LogP contribution is -2.37. The van der Waals surface area contributed by atoms with E-state index in [9.17, 15) is 14.7 Å². The second-order valence-corrected chi connectivity index (χ2v) is 5.33. The maximum absolute atomic E-state index is 11.8. The fourth-order valence-electron chi connectivity index (χ4n) is 2.66. The van der Waals surface area contributed by atoms with Crippen molar-refractivity contribution in [3.05, 3.63) is 33.1 Å². The Hall–Kier alpha value is -1.48. The van der Waals surface area contributed by atoms with Gasteiger partial charge in [0, 0.05) is 12.3 Å². The predicted molar refractivity (Wildman–Crippen MR) is 66.1 cm³/mol. The minimum atomic E-state index is -0.809. The van der Waals surface area contributed by atoms with Gasteiger partial charge in [-0.25, -0.2) is 4.79 Å². The minimum absolute atomic E-state index is 0.241. The van der Waals surface area contributed by atoms with Crippen LogP contribution in [0.1, 0.15) is 20.1 Å². The maximum Gasteiger partial charge on any atom is 0.330 e. The Balaban J connectivity index is 1.98. The summed E-state index contributed by atoms with van der Waals surface area (Å²) in [7, 11) is 0. The molecule has 8 heteroatoms. The van der Waals surface area contributed by atoms with Gasteiger partial charge in [0.1, 0.15) is 18.3 Å². The van der Waals surface area contributed by atoms with E-state index in [0.717, 1.165) is 0 Å². The molecule has 1 aromatic heterocycles. The van der Waals surface area contributed by atoms with Gasteiger partial charge in [-0.3, -0.25) is 14.3 Å². The molecule has 0 bridgehead atoms. The second kappa shape index (κ2) is 4.52. The normalized spacial score (nSPS) is 35.1. The van der Waals surface area contributed by atoms with Gasteiger partial charge in [-0.1, -0.05) is 0 Å². The van der Waals surface area contributed by atoms with E-state index in [1.807, 2.05) is 0 Å². The molecule has 110 valence electrons. The highest BCUT2D eigenvalue weighted by molar-refractivity contribution is 4.98. The van der Waals surface area contributed by atoms with Crippen molar-refractivity contribution in [2.24, 2.45) is 0 Å². The Bertz CT molecular complexity index is 621. The standard InChI is InChI=1S/C12H16N2O6/c1-12(2)19-8-6(5-15)18-10(9(8)20-12)14-4-3-7(16)13-11(14)17/h3-4,6,8-10,15H,5H2,1-2H3,(H,13,16,17)/t6?,8-,9-,10?/m1/s1. The van der Waals surface area contributed by atoms with Crippen LogP contribution in [0, 0.1) is 0 Å². The molecule has 3 heterocycles. The number of hydrogen-bond acceptors (Lipinski definition) is 6. The number of aromatic nitrogens is 2. The zero-order valence-corrected chi connectivity index (χ0v) is 11.1. The summed E-state index contributed by atoms with van der Waals surface area (Å²) in [5, 5.41) is 9.36. The van der Waals surface area contributed by atoms with E-state index in [4.69, 9.17) is 14.2 Å². The van der Waals surface area contributed by atoms with Crippen molar-refractivity contribution in [1.29, 1.82) is 0 Å². The van der Waals surface area contributed by atoms with Gasteiger partial charge < -0.3 is 19.3 Å². The summed E-state index contributed by atoms with van der Waals surface area (Å²) in [5.74, 6) is -0.809. The summed E-state index contributed by atoms with van der Waals surface area (Å²) in [6, 6.07) is 1.23. The molecule has 2 fully saturated rings. The molecular formula is C12H16N2O6. The molecule has 2 N–H and O–H groups in total. The number of aliphatic hydroxyl groups excluding tert-OH is 1. The van der Waals surface area contributed by atoms with E-state index < -0.39 is 41.6 Å². The van der Waals surface area contributed by atoms with E-state index >= 15 is 0 Å². The van der Waals surface area contributed by atoms with Crippen LogP contribution < -0.4 is 11.2 Å². The Morgan fingerprint density at radius 3 is 2.70 bits per heavy atom. The van der Waals surface area contributed by atoms with Gasteiger partial charge in [0.05, 0.1) is 6.61 Å². The van der Waals surface area contributed by atoms with Crippen molar-refractivity contribution in [2.75, 3.05) is 6.61 Å². The Kier molecular flexibility index (Phi) is 3.05. The number of aliphatic hydroxyl groups is 1. The molecular weight excluding hydrogens is 268 g/mol. The van der Waals surface area contributed by atoms with Crippen molar-refractivity contribution in [2.45, 2.75) is 44.2 Å². The second-order valence-electron chi connectivity index (χ2n) is 5.33. The third-order valence-electron chi connectivity index (χ3n) is 3.43. The van der Waals surface area contributed by atoms with Crippen LogP contribution in [0.15, 0.2) is 21.9 Å². The zero-order valence-electron chi connectivity index (χ0n) is 11.1. The minimum Gasteiger partial charge on any atom is -0.394 e. The van der Waals surface area contributed by atoms with Gasteiger partial charge >= 0.3 is 5.69 Å². The first-order chi connectivity index (χ1) is 9.41. The predicted octanol–water partition coefficient (Wildman–Crippen LogP) is -1.05. The van der Waals surface area contributed by atoms with Crippen LogP contribution >= 0.6 is 0 Å². The fraction of sp³-hybridized carbons (Fsp3) is 0.667. The highest BCUT2D eigenvalue weighted by atomic mass is 16.8. The van der Waals surface area contributed by atoms with Crippen molar-refractivity contribution >= 4 is 0 Å². The molecule has 2 aliphatic heterocycles. The summed E-state index contributed by atoms with van der Waals surface area (Å²) in [5.41, 5.74) is -1.07. The molecule has 2 saturated heterocycles. The summed E-state index contributed by atoms with van der Waals surface area (Å²) in [6.45, 7) is 3.27. The summed E-state index contributed by atoms with van der Waals surface area (Å²) in [6.07, 6.45) is -0.962. The molecule has 8 nitrogen and oxygen atoms in total. The van der Waals surface area contributed by atoms with Gasteiger partial charge in [0.15, 0.2) is 12.0 Å². The molecule has 0 aliphatic carbocycles. The van der Waals surface area contributed by atoms with Crippen LogP contribution in [-0.2, 0) is 14.2 Å². The number of rotatable bonds is 2. The largest absolute Gasteiger partial charge is 0.394 e. The number of nitrogens with zero attached hydrogens (tertiary/aromatic N) is 1. The van der Waals surface area contributed by atoms with Crippen molar-refractivity contribution < 1.29 is 19.3 Å². The van der Waals surface area contributed by atoms with E-state index in [1.54, 1.807) is 13.8 Å². The summed E-state index contributed by atoms with van der Waals surface area (Å²) >= 11 is 0. The highest BCUT2D eigenvalue weighted by Crippen LogP contribution is 2.42. The third-order valence-corrected chi connectivity index (χ3v) is 3.43. The van der Waals surface area contributed by atoms with E-state index in [1.165, 1.54) is 16.8 Å². The lowest BCUT2D eigenvalue weighted by atomic mass is 10.1. The summed E-state index contributed by atoms with van der Waals surface area (Å²) < 4.78 is 18.3. The maximum atomic E-state index is 11.8. The number of ether oxygens (including phenoxy) is 3. The number of fused-ring (bicyclic) bond motifs is 1. The Morgan fingerprint density at radius 1 is 1.35 bits per heavy atom. The zero-order chi connectivity index (χ0) is 14.5. The molecule has 0 saturated carbocycles. The molecule has 3 rings (SSSR count). The Labute approximate surface area is 113 Å².